The third-order valence-corrected chi connectivity index (χ3v) is 3.52. The molecule has 114 valence electrons. The van der Waals surface area contributed by atoms with Crippen LogP contribution in [0.3, 0.4) is 0 Å². The standard InChI is InChI=1S/C14H21N5O2/c1-9(2)13-16-14(18-17-13)11-7-19(4-5-20-11)8-12-15-6-10(3)21-12/h6,9,11H,4-5,7-8H2,1-3H3,(H,16,17,18)/t11-/m1/s1. The molecule has 1 aliphatic heterocycles. The van der Waals surface area contributed by atoms with Crippen LogP contribution in [0.25, 0.3) is 0 Å². The van der Waals surface area contributed by atoms with E-state index in [1.807, 2.05) is 6.92 Å². The van der Waals surface area contributed by atoms with Gasteiger partial charge in [-0.1, -0.05) is 13.8 Å². The average Bonchev–Trinajstić information content (AvgIpc) is 3.08. The molecule has 0 radical (unpaired) electrons. The molecule has 1 aliphatic rings. The number of nitrogens with one attached hydrogen (secondary N) is 1. The van der Waals surface area contributed by atoms with Gasteiger partial charge in [0, 0.05) is 19.0 Å². The molecular formula is C14H21N5O2. The fourth-order valence-electron chi connectivity index (χ4n) is 2.37. The Kier molecular flexibility index (Phi) is 4.03. The summed E-state index contributed by atoms with van der Waals surface area (Å²) in [6.07, 6.45) is 1.67. The fraction of sp³-hybridized carbons (Fsp3) is 0.643. The largest absolute Gasteiger partial charge is 0.445 e. The van der Waals surface area contributed by atoms with Crippen molar-refractivity contribution in [3.05, 3.63) is 29.5 Å². The first kappa shape index (κ1) is 14.2. The van der Waals surface area contributed by atoms with Crippen molar-refractivity contribution in [1.29, 1.82) is 0 Å². The first-order chi connectivity index (χ1) is 10.1. The summed E-state index contributed by atoms with van der Waals surface area (Å²) in [5.41, 5.74) is 0. The minimum Gasteiger partial charge on any atom is -0.445 e. The van der Waals surface area contributed by atoms with E-state index in [9.17, 15) is 0 Å². The van der Waals surface area contributed by atoms with E-state index < -0.39 is 0 Å². The average molecular weight is 291 g/mol. The highest BCUT2D eigenvalue weighted by Gasteiger charge is 2.26. The number of ether oxygens (including phenoxy) is 1. The summed E-state index contributed by atoms with van der Waals surface area (Å²) in [4.78, 5) is 11.0. The van der Waals surface area contributed by atoms with Gasteiger partial charge in [0.1, 0.15) is 11.9 Å². The fourth-order valence-corrected chi connectivity index (χ4v) is 2.37. The van der Waals surface area contributed by atoms with Gasteiger partial charge in [-0.05, 0) is 6.92 Å². The smallest absolute Gasteiger partial charge is 0.208 e. The van der Waals surface area contributed by atoms with Gasteiger partial charge in [0.05, 0.1) is 19.3 Å². The van der Waals surface area contributed by atoms with Crippen molar-refractivity contribution in [2.24, 2.45) is 0 Å². The Labute approximate surface area is 123 Å². The molecule has 1 N–H and O–H groups in total. The molecule has 1 fully saturated rings. The highest BCUT2D eigenvalue weighted by Crippen LogP contribution is 2.21. The molecule has 0 aromatic carbocycles. The molecule has 21 heavy (non-hydrogen) atoms. The van der Waals surface area contributed by atoms with Crippen molar-refractivity contribution in [3.8, 4) is 0 Å². The Morgan fingerprint density at radius 2 is 2.33 bits per heavy atom. The van der Waals surface area contributed by atoms with E-state index in [4.69, 9.17) is 9.15 Å². The Morgan fingerprint density at radius 3 is 3.00 bits per heavy atom. The first-order valence-electron chi connectivity index (χ1n) is 7.29. The molecule has 0 amide bonds. The molecule has 0 spiro atoms. The van der Waals surface area contributed by atoms with Crippen LogP contribution in [0.4, 0.5) is 0 Å². The van der Waals surface area contributed by atoms with E-state index in [0.29, 0.717) is 19.1 Å². The Balaban J connectivity index is 1.64. The summed E-state index contributed by atoms with van der Waals surface area (Å²) < 4.78 is 11.3. The van der Waals surface area contributed by atoms with Gasteiger partial charge in [-0.15, -0.1) is 0 Å². The Bertz CT molecular complexity index is 592. The van der Waals surface area contributed by atoms with Gasteiger partial charge >= 0.3 is 0 Å². The van der Waals surface area contributed by atoms with Crippen LogP contribution in [-0.2, 0) is 11.3 Å². The topological polar surface area (TPSA) is 80.1 Å². The molecule has 0 unspecified atom stereocenters. The number of aromatic amines is 1. The summed E-state index contributed by atoms with van der Waals surface area (Å²) in [6.45, 7) is 9.04. The minimum atomic E-state index is -0.0743. The molecule has 7 nitrogen and oxygen atoms in total. The van der Waals surface area contributed by atoms with Crippen LogP contribution < -0.4 is 0 Å². The highest BCUT2D eigenvalue weighted by atomic mass is 16.5. The zero-order chi connectivity index (χ0) is 14.8. The van der Waals surface area contributed by atoms with E-state index in [1.54, 1.807) is 6.20 Å². The lowest BCUT2D eigenvalue weighted by atomic mass is 10.2. The second-order valence-electron chi connectivity index (χ2n) is 5.69. The number of oxazole rings is 1. The van der Waals surface area contributed by atoms with Crippen molar-refractivity contribution in [2.75, 3.05) is 19.7 Å². The van der Waals surface area contributed by atoms with Gasteiger partial charge in [0.25, 0.3) is 0 Å². The van der Waals surface area contributed by atoms with E-state index in [-0.39, 0.29) is 6.10 Å². The van der Waals surface area contributed by atoms with Gasteiger partial charge < -0.3 is 9.15 Å². The monoisotopic (exact) mass is 291 g/mol. The van der Waals surface area contributed by atoms with E-state index in [1.165, 1.54) is 0 Å². The van der Waals surface area contributed by atoms with E-state index >= 15 is 0 Å². The van der Waals surface area contributed by atoms with Crippen LogP contribution in [0.5, 0.6) is 0 Å². The minimum absolute atomic E-state index is 0.0743. The van der Waals surface area contributed by atoms with Crippen LogP contribution in [-0.4, -0.2) is 44.8 Å². The lowest BCUT2D eigenvalue weighted by Gasteiger charge is -2.30. The predicted octanol–water partition coefficient (Wildman–Crippen LogP) is 1.80. The molecular weight excluding hydrogens is 270 g/mol. The molecule has 2 aromatic heterocycles. The molecule has 0 aliphatic carbocycles. The van der Waals surface area contributed by atoms with Crippen molar-refractivity contribution >= 4 is 0 Å². The summed E-state index contributed by atoms with van der Waals surface area (Å²) in [7, 11) is 0. The predicted molar refractivity (Wildman–Crippen MR) is 75.7 cm³/mol. The molecule has 0 bridgehead atoms. The summed E-state index contributed by atoms with van der Waals surface area (Å²) in [5, 5.41) is 7.23. The van der Waals surface area contributed by atoms with Crippen LogP contribution in [0, 0.1) is 6.92 Å². The van der Waals surface area contributed by atoms with Crippen molar-refractivity contribution in [3.63, 3.8) is 0 Å². The number of hydrogen-bond donors (Lipinski definition) is 1. The summed E-state index contributed by atoms with van der Waals surface area (Å²) >= 11 is 0. The van der Waals surface area contributed by atoms with Crippen molar-refractivity contribution in [1.82, 2.24) is 25.1 Å². The lowest BCUT2D eigenvalue weighted by molar-refractivity contribution is -0.0393. The number of nitrogens with zero attached hydrogens (tertiary/aromatic N) is 4. The van der Waals surface area contributed by atoms with Gasteiger partial charge in [-0.2, -0.15) is 5.10 Å². The van der Waals surface area contributed by atoms with Crippen molar-refractivity contribution < 1.29 is 9.15 Å². The van der Waals surface area contributed by atoms with Crippen LogP contribution in [0.2, 0.25) is 0 Å². The Morgan fingerprint density at radius 1 is 1.48 bits per heavy atom. The first-order valence-corrected chi connectivity index (χ1v) is 7.29. The maximum atomic E-state index is 5.80. The normalized spacial score (nSPS) is 20.3. The zero-order valence-corrected chi connectivity index (χ0v) is 12.7. The third-order valence-electron chi connectivity index (χ3n) is 3.52. The van der Waals surface area contributed by atoms with Crippen LogP contribution in [0.1, 0.15) is 49.2 Å². The van der Waals surface area contributed by atoms with Crippen LogP contribution in [0.15, 0.2) is 10.6 Å². The zero-order valence-electron chi connectivity index (χ0n) is 12.7. The second kappa shape index (κ2) is 5.95. The quantitative estimate of drug-likeness (QED) is 0.925. The number of H-pyrrole nitrogens is 1. The number of aryl methyl sites for hydroxylation is 1. The van der Waals surface area contributed by atoms with Gasteiger partial charge in [-0.25, -0.2) is 9.97 Å². The van der Waals surface area contributed by atoms with E-state index in [2.05, 4.69) is 38.9 Å². The van der Waals surface area contributed by atoms with Gasteiger partial charge in [0.15, 0.2) is 11.6 Å². The van der Waals surface area contributed by atoms with Gasteiger partial charge in [0.2, 0.25) is 5.89 Å². The lowest BCUT2D eigenvalue weighted by Crippen LogP contribution is -2.38. The molecule has 0 saturated carbocycles. The summed E-state index contributed by atoms with van der Waals surface area (Å²) in [5.74, 6) is 3.52. The number of rotatable bonds is 4. The highest BCUT2D eigenvalue weighted by molar-refractivity contribution is 5.00. The molecule has 7 heteroatoms. The number of hydrogen-bond acceptors (Lipinski definition) is 6. The maximum absolute atomic E-state index is 5.80. The molecule has 3 heterocycles. The third kappa shape index (κ3) is 3.30. The number of morpholine rings is 1. The summed E-state index contributed by atoms with van der Waals surface area (Å²) in [6, 6.07) is 0. The number of aromatic nitrogens is 4. The molecule has 1 atom stereocenters. The second-order valence-corrected chi connectivity index (χ2v) is 5.69. The van der Waals surface area contributed by atoms with Crippen LogP contribution >= 0.6 is 0 Å². The van der Waals surface area contributed by atoms with Gasteiger partial charge in [-0.3, -0.25) is 10.00 Å². The SMILES string of the molecule is Cc1cnc(CN2CCO[C@@H](c3nc(C(C)C)n[nH]3)C2)o1. The van der Waals surface area contributed by atoms with E-state index in [0.717, 1.165) is 36.4 Å². The Hall–Kier alpha value is -1.73. The molecule has 2 aromatic rings. The maximum Gasteiger partial charge on any atom is 0.208 e. The van der Waals surface area contributed by atoms with Crippen molar-refractivity contribution in [2.45, 2.75) is 39.3 Å². The molecule has 3 rings (SSSR count). The molecule has 1 saturated heterocycles.